The summed E-state index contributed by atoms with van der Waals surface area (Å²) in [5.74, 6) is 0.803. The molecule has 166 valence electrons. The molecule has 0 radical (unpaired) electrons. The van der Waals surface area contributed by atoms with Crippen LogP contribution in [0, 0.1) is 0 Å². The van der Waals surface area contributed by atoms with Crippen molar-refractivity contribution in [2.75, 3.05) is 5.32 Å². The number of nitrogens with one attached hydrogen (secondary N) is 1. The van der Waals surface area contributed by atoms with Crippen molar-refractivity contribution in [3.8, 4) is 22.1 Å². The molecule has 0 amide bonds. The SMILES string of the molecule is CC(C)Oc1ccc(-c2ncc(CNc3cc(-n4cncn4)nc(C(F)(F)F)c3)s2)cc1. The molecule has 4 aromatic rings. The molecule has 0 aliphatic rings. The second kappa shape index (κ2) is 8.95. The van der Waals surface area contributed by atoms with Crippen LogP contribution in [0.4, 0.5) is 18.9 Å². The zero-order valence-electron chi connectivity index (χ0n) is 17.2. The number of nitrogens with zero attached hydrogens (tertiary/aromatic N) is 5. The van der Waals surface area contributed by atoms with E-state index in [-0.39, 0.29) is 17.6 Å². The van der Waals surface area contributed by atoms with E-state index in [0.29, 0.717) is 6.54 Å². The van der Waals surface area contributed by atoms with Gasteiger partial charge in [0.25, 0.3) is 0 Å². The van der Waals surface area contributed by atoms with Crippen LogP contribution in [0.15, 0.2) is 55.2 Å². The van der Waals surface area contributed by atoms with Crippen molar-refractivity contribution >= 4 is 17.0 Å². The average molecular weight is 460 g/mol. The number of ether oxygens (including phenoxy) is 1. The van der Waals surface area contributed by atoms with Gasteiger partial charge in [-0.1, -0.05) is 0 Å². The van der Waals surface area contributed by atoms with Crippen molar-refractivity contribution in [1.29, 1.82) is 0 Å². The highest BCUT2D eigenvalue weighted by atomic mass is 32.1. The molecule has 7 nitrogen and oxygen atoms in total. The Hall–Kier alpha value is -3.47. The van der Waals surface area contributed by atoms with Crippen molar-refractivity contribution < 1.29 is 17.9 Å². The lowest BCUT2D eigenvalue weighted by atomic mass is 10.2. The van der Waals surface area contributed by atoms with E-state index in [9.17, 15) is 13.2 Å². The molecule has 0 spiro atoms. The van der Waals surface area contributed by atoms with Crippen LogP contribution in [0.2, 0.25) is 0 Å². The summed E-state index contributed by atoms with van der Waals surface area (Å²) < 4.78 is 46.7. The van der Waals surface area contributed by atoms with Gasteiger partial charge in [-0.25, -0.2) is 19.6 Å². The summed E-state index contributed by atoms with van der Waals surface area (Å²) in [5.41, 5.74) is 0.193. The zero-order valence-corrected chi connectivity index (χ0v) is 18.0. The van der Waals surface area contributed by atoms with E-state index < -0.39 is 11.9 Å². The maximum Gasteiger partial charge on any atom is 0.433 e. The smallest absolute Gasteiger partial charge is 0.433 e. The Kier molecular flexibility index (Phi) is 6.08. The maximum atomic E-state index is 13.3. The van der Waals surface area contributed by atoms with Crippen molar-refractivity contribution in [2.24, 2.45) is 0 Å². The van der Waals surface area contributed by atoms with Gasteiger partial charge in [0.1, 0.15) is 29.1 Å². The number of thiazole rings is 1. The van der Waals surface area contributed by atoms with Crippen LogP contribution < -0.4 is 10.1 Å². The first-order chi connectivity index (χ1) is 15.3. The number of alkyl halides is 3. The fourth-order valence-corrected chi connectivity index (χ4v) is 3.72. The summed E-state index contributed by atoms with van der Waals surface area (Å²) in [6, 6.07) is 10.1. The van der Waals surface area contributed by atoms with Gasteiger partial charge in [0, 0.05) is 28.4 Å². The molecule has 0 bridgehead atoms. The minimum Gasteiger partial charge on any atom is -0.491 e. The first kappa shape index (κ1) is 21.8. The van der Waals surface area contributed by atoms with Crippen LogP contribution in [-0.2, 0) is 12.7 Å². The lowest BCUT2D eigenvalue weighted by Gasteiger charge is -2.12. The molecule has 1 aromatic carbocycles. The van der Waals surface area contributed by atoms with Gasteiger partial charge in [-0.05, 0) is 44.2 Å². The average Bonchev–Trinajstić information content (AvgIpc) is 3.44. The van der Waals surface area contributed by atoms with Gasteiger partial charge in [0.2, 0.25) is 0 Å². The van der Waals surface area contributed by atoms with E-state index in [1.54, 1.807) is 6.20 Å². The van der Waals surface area contributed by atoms with Crippen LogP contribution in [0.3, 0.4) is 0 Å². The van der Waals surface area contributed by atoms with Crippen molar-refractivity contribution in [3.63, 3.8) is 0 Å². The van der Waals surface area contributed by atoms with E-state index in [1.807, 2.05) is 38.1 Å². The van der Waals surface area contributed by atoms with E-state index in [1.165, 1.54) is 34.7 Å². The number of hydrogen-bond acceptors (Lipinski definition) is 7. The van der Waals surface area contributed by atoms with Crippen LogP contribution in [0.5, 0.6) is 5.75 Å². The zero-order chi connectivity index (χ0) is 22.7. The molecule has 0 fully saturated rings. The van der Waals surface area contributed by atoms with Crippen molar-refractivity contribution in [1.82, 2.24) is 24.7 Å². The molecule has 3 aromatic heterocycles. The Labute approximate surface area is 185 Å². The fraction of sp³-hybridized carbons (Fsp3) is 0.238. The van der Waals surface area contributed by atoms with Gasteiger partial charge in [0.05, 0.1) is 12.6 Å². The number of aromatic nitrogens is 5. The molecule has 1 N–H and O–H groups in total. The third-order valence-corrected chi connectivity index (χ3v) is 5.30. The van der Waals surface area contributed by atoms with Gasteiger partial charge < -0.3 is 10.1 Å². The Morgan fingerprint density at radius 2 is 1.94 bits per heavy atom. The summed E-state index contributed by atoms with van der Waals surface area (Å²) in [4.78, 5) is 12.7. The minimum atomic E-state index is -4.59. The lowest BCUT2D eigenvalue weighted by molar-refractivity contribution is -0.141. The van der Waals surface area contributed by atoms with Gasteiger partial charge in [-0.2, -0.15) is 18.3 Å². The number of hydrogen-bond donors (Lipinski definition) is 1. The number of halogens is 3. The molecular weight excluding hydrogens is 441 g/mol. The van der Waals surface area contributed by atoms with Gasteiger partial charge in [-0.15, -0.1) is 11.3 Å². The predicted octanol–water partition coefficient (Wildman–Crippen LogP) is 5.20. The topological polar surface area (TPSA) is 77.8 Å². The molecule has 0 aliphatic heterocycles. The molecule has 0 atom stereocenters. The molecular formula is C21H19F3N6OS. The Morgan fingerprint density at radius 3 is 2.59 bits per heavy atom. The van der Waals surface area contributed by atoms with Crippen LogP contribution >= 0.6 is 11.3 Å². The summed E-state index contributed by atoms with van der Waals surface area (Å²) in [5, 5.41) is 7.69. The fourth-order valence-electron chi connectivity index (χ4n) is 2.87. The molecule has 0 unspecified atom stereocenters. The van der Waals surface area contributed by atoms with Gasteiger partial charge >= 0.3 is 6.18 Å². The van der Waals surface area contributed by atoms with Crippen molar-refractivity contribution in [3.05, 3.63) is 65.8 Å². The molecule has 3 heterocycles. The normalized spacial score (nSPS) is 11.7. The summed E-state index contributed by atoms with van der Waals surface area (Å²) in [7, 11) is 0. The number of benzene rings is 1. The highest BCUT2D eigenvalue weighted by molar-refractivity contribution is 7.15. The summed E-state index contributed by atoms with van der Waals surface area (Å²) in [6.07, 6.45) is -0.269. The highest BCUT2D eigenvalue weighted by Gasteiger charge is 2.33. The third kappa shape index (κ3) is 5.22. The second-order valence-electron chi connectivity index (χ2n) is 7.11. The monoisotopic (exact) mass is 460 g/mol. The van der Waals surface area contributed by atoms with Crippen LogP contribution in [-0.4, -0.2) is 30.8 Å². The van der Waals surface area contributed by atoms with Crippen LogP contribution in [0.25, 0.3) is 16.4 Å². The first-order valence-corrected chi connectivity index (χ1v) is 10.5. The summed E-state index contributed by atoms with van der Waals surface area (Å²) in [6.45, 7) is 4.23. The third-order valence-electron chi connectivity index (χ3n) is 4.25. The number of pyridine rings is 1. The van der Waals surface area contributed by atoms with E-state index in [0.717, 1.165) is 27.3 Å². The largest absolute Gasteiger partial charge is 0.491 e. The number of rotatable bonds is 7. The number of anilines is 1. The molecule has 32 heavy (non-hydrogen) atoms. The second-order valence-corrected chi connectivity index (χ2v) is 8.23. The van der Waals surface area contributed by atoms with Crippen LogP contribution in [0.1, 0.15) is 24.4 Å². The Bertz CT molecular complexity index is 1170. The minimum absolute atomic E-state index is 0.0218. The van der Waals surface area contributed by atoms with E-state index in [2.05, 4.69) is 25.4 Å². The van der Waals surface area contributed by atoms with Gasteiger partial charge in [-0.3, -0.25) is 0 Å². The summed E-state index contributed by atoms with van der Waals surface area (Å²) >= 11 is 1.46. The maximum absolute atomic E-state index is 13.3. The quantitative estimate of drug-likeness (QED) is 0.408. The molecule has 0 aliphatic carbocycles. The predicted molar refractivity (Wildman–Crippen MR) is 115 cm³/mol. The Morgan fingerprint density at radius 1 is 1.16 bits per heavy atom. The lowest BCUT2D eigenvalue weighted by Crippen LogP contribution is -2.12. The van der Waals surface area contributed by atoms with E-state index >= 15 is 0 Å². The first-order valence-electron chi connectivity index (χ1n) is 9.68. The van der Waals surface area contributed by atoms with Gasteiger partial charge in [0.15, 0.2) is 5.82 Å². The van der Waals surface area contributed by atoms with E-state index in [4.69, 9.17) is 4.74 Å². The highest BCUT2D eigenvalue weighted by Crippen LogP contribution is 2.31. The molecule has 0 saturated heterocycles. The van der Waals surface area contributed by atoms with Crippen molar-refractivity contribution in [2.45, 2.75) is 32.7 Å². The molecule has 11 heteroatoms. The molecule has 4 rings (SSSR count). The Balaban J connectivity index is 1.49. The molecule has 0 saturated carbocycles. The standard InChI is InChI=1S/C21H19F3N6OS/c1-13(2)31-16-5-3-14(4-6-16)20-27-10-17(32-20)9-26-15-7-18(21(22,23)24)29-19(8-15)30-12-25-11-28-30/h3-8,10-13H,9H2,1-2H3,(H,26,29).